The molecule has 0 spiro atoms. The van der Waals surface area contributed by atoms with Gasteiger partial charge >= 0.3 is 0 Å². The molecule has 2 N–H and O–H groups in total. The van der Waals surface area contributed by atoms with Gasteiger partial charge in [-0.3, -0.25) is 4.79 Å². The summed E-state index contributed by atoms with van der Waals surface area (Å²) in [6.07, 6.45) is 1.72. The maximum absolute atomic E-state index is 11.7. The van der Waals surface area contributed by atoms with E-state index in [-0.39, 0.29) is 18.4 Å². The molecule has 23 heavy (non-hydrogen) atoms. The number of anilines is 1. The molecule has 2 aromatic carbocycles. The fourth-order valence-corrected chi connectivity index (χ4v) is 1.99. The average Bonchev–Trinajstić information content (AvgIpc) is 2.61. The van der Waals surface area contributed by atoms with Gasteiger partial charge in [-0.05, 0) is 29.8 Å². The first-order chi connectivity index (χ1) is 11.2. The van der Waals surface area contributed by atoms with E-state index in [2.05, 4.69) is 15.8 Å². The highest BCUT2D eigenvalue weighted by molar-refractivity contribution is 5.81. The van der Waals surface area contributed by atoms with Crippen LogP contribution in [0.4, 0.5) is 5.69 Å². The number of carbonyl (C=O) groups excluding carboxylic acids is 1. The van der Waals surface area contributed by atoms with Crippen LogP contribution in [-0.2, 0) is 4.79 Å². The van der Waals surface area contributed by atoms with Crippen LogP contribution < -0.4 is 15.5 Å². The molecule has 0 aliphatic rings. The Kier molecular flexibility index (Phi) is 6.17. The lowest BCUT2D eigenvalue weighted by Gasteiger charge is -2.07. The second kappa shape index (κ2) is 8.58. The van der Waals surface area contributed by atoms with Gasteiger partial charge in [-0.1, -0.05) is 37.3 Å². The molecule has 0 aromatic heterocycles. The third-order valence-electron chi connectivity index (χ3n) is 3.36. The van der Waals surface area contributed by atoms with E-state index in [1.54, 1.807) is 13.3 Å². The Hall–Kier alpha value is -2.82. The number of carbonyl (C=O) groups is 1. The molecular formula is C18H21N3O2. The number of amides is 1. The van der Waals surface area contributed by atoms with Crippen LogP contribution in [0, 0.1) is 0 Å². The Morgan fingerprint density at radius 2 is 1.87 bits per heavy atom. The van der Waals surface area contributed by atoms with Crippen LogP contribution in [0.2, 0.25) is 0 Å². The van der Waals surface area contributed by atoms with Gasteiger partial charge in [0.25, 0.3) is 5.91 Å². The number of hydrogen-bond donors (Lipinski definition) is 2. The molecule has 0 saturated heterocycles. The van der Waals surface area contributed by atoms with Crippen molar-refractivity contribution in [3.05, 3.63) is 60.2 Å². The molecule has 0 fully saturated rings. The molecular weight excluding hydrogens is 290 g/mol. The van der Waals surface area contributed by atoms with E-state index >= 15 is 0 Å². The molecule has 0 aliphatic carbocycles. The van der Waals surface area contributed by atoms with Crippen LogP contribution in [0.1, 0.15) is 18.4 Å². The predicted molar refractivity (Wildman–Crippen MR) is 93.0 cm³/mol. The quantitative estimate of drug-likeness (QED) is 0.610. The van der Waals surface area contributed by atoms with Crippen molar-refractivity contribution in [3.63, 3.8) is 0 Å². The molecule has 1 amide bonds. The summed E-state index contributed by atoms with van der Waals surface area (Å²) in [7, 11) is 1.62. The minimum atomic E-state index is -0.197. The maximum atomic E-state index is 11.7. The van der Waals surface area contributed by atoms with Crippen LogP contribution in [0.15, 0.2) is 59.7 Å². The summed E-state index contributed by atoms with van der Waals surface area (Å²) < 4.78 is 5.08. The maximum Gasteiger partial charge on any atom is 0.259 e. The highest BCUT2D eigenvalue weighted by Gasteiger charge is 2.02. The van der Waals surface area contributed by atoms with Gasteiger partial charge in [0.2, 0.25) is 0 Å². The first-order valence-corrected chi connectivity index (χ1v) is 7.44. The van der Waals surface area contributed by atoms with Gasteiger partial charge in [0.15, 0.2) is 0 Å². The van der Waals surface area contributed by atoms with Crippen LogP contribution in [-0.4, -0.2) is 25.8 Å². The van der Waals surface area contributed by atoms with Crippen molar-refractivity contribution in [1.29, 1.82) is 0 Å². The Labute approximate surface area is 136 Å². The summed E-state index contributed by atoms with van der Waals surface area (Å²) in [6, 6.07) is 17.4. The van der Waals surface area contributed by atoms with Gasteiger partial charge in [-0.25, -0.2) is 5.43 Å². The fraction of sp³-hybridized carbons (Fsp3) is 0.222. The van der Waals surface area contributed by atoms with E-state index in [1.165, 1.54) is 0 Å². The molecule has 1 atom stereocenters. The molecule has 0 unspecified atom stereocenters. The topological polar surface area (TPSA) is 62.7 Å². The number of methoxy groups -OCH3 is 1. The van der Waals surface area contributed by atoms with Crippen LogP contribution in [0.3, 0.4) is 0 Å². The Morgan fingerprint density at radius 1 is 1.17 bits per heavy atom. The van der Waals surface area contributed by atoms with E-state index < -0.39 is 0 Å². The number of hydrogen-bond acceptors (Lipinski definition) is 4. The second-order valence-electron chi connectivity index (χ2n) is 5.09. The molecule has 0 radical (unpaired) electrons. The molecule has 0 bridgehead atoms. The molecule has 0 heterocycles. The van der Waals surface area contributed by atoms with Crippen molar-refractivity contribution in [3.8, 4) is 5.75 Å². The van der Waals surface area contributed by atoms with E-state index in [1.807, 2.05) is 61.5 Å². The second-order valence-corrected chi connectivity index (χ2v) is 5.09. The van der Waals surface area contributed by atoms with Crippen molar-refractivity contribution in [2.75, 3.05) is 19.0 Å². The summed E-state index contributed by atoms with van der Waals surface area (Å²) >= 11 is 0. The van der Waals surface area contributed by atoms with Gasteiger partial charge in [0.05, 0.1) is 13.7 Å². The van der Waals surface area contributed by atoms with Crippen molar-refractivity contribution in [2.24, 2.45) is 5.10 Å². The molecule has 5 nitrogen and oxygen atoms in total. The zero-order valence-electron chi connectivity index (χ0n) is 13.3. The summed E-state index contributed by atoms with van der Waals surface area (Å²) in [4.78, 5) is 11.7. The number of nitrogens with zero attached hydrogens (tertiary/aromatic N) is 1. The van der Waals surface area contributed by atoms with E-state index in [9.17, 15) is 4.79 Å². The summed E-state index contributed by atoms with van der Waals surface area (Å²) in [6.45, 7) is 2.18. The zero-order chi connectivity index (χ0) is 16.5. The number of ether oxygens (including phenoxy) is 1. The lowest BCUT2D eigenvalue weighted by Crippen LogP contribution is -2.26. The fourth-order valence-electron chi connectivity index (χ4n) is 1.99. The highest BCUT2D eigenvalue weighted by atomic mass is 16.5. The number of rotatable bonds is 7. The Morgan fingerprint density at radius 3 is 2.52 bits per heavy atom. The largest absolute Gasteiger partial charge is 0.497 e. The Balaban J connectivity index is 1.75. The molecule has 2 aromatic rings. The summed E-state index contributed by atoms with van der Waals surface area (Å²) in [5, 5.41) is 7.03. The molecule has 0 aliphatic heterocycles. The number of nitrogens with one attached hydrogen (secondary N) is 2. The van der Waals surface area contributed by atoms with Crippen molar-refractivity contribution < 1.29 is 9.53 Å². The average molecular weight is 311 g/mol. The molecule has 5 heteroatoms. The highest BCUT2D eigenvalue weighted by Crippen LogP contribution is 2.14. The van der Waals surface area contributed by atoms with Crippen LogP contribution >= 0.6 is 0 Å². The standard InChI is InChI=1S/C18H21N3O2/c1-14(15-6-4-3-5-7-15)12-20-21-18(22)13-19-16-8-10-17(23-2)11-9-16/h3-12,14,19H,13H2,1-2H3,(H,21,22)/b20-12-/t14-/m0/s1. The van der Waals surface area contributed by atoms with Crippen molar-refractivity contribution in [1.82, 2.24) is 5.43 Å². The number of benzene rings is 2. The summed E-state index contributed by atoms with van der Waals surface area (Å²) in [5.74, 6) is 0.725. The third kappa shape index (κ3) is 5.47. The van der Waals surface area contributed by atoms with E-state index in [4.69, 9.17) is 4.74 Å². The lowest BCUT2D eigenvalue weighted by molar-refractivity contribution is -0.119. The Bertz CT molecular complexity index is 639. The smallest absolute Gasteiger partial charge is 0.259 e. The van der Waals surface area contributed by atoms with Crippen LogP contribution in [0.25, 0.3) is 0 Å². The van der Waals surface area contributed by atoms with Gasteiger partial charge in [-0.2, -0.15) is 5.10 Å². The molecule has 120 valence electrons. The van der Waals surface area contributed by atoms with Crippen LogP contribution in [0.5, 0.6) is 5.75 Å². The van der Waals surface area contributed by atoms with Gasteiger partial charge in [0.1, 0.15) is 5.75 Å². The minimum Gasteiger partial charge on any atom is -0.497 e. The van der Waals surface area contributed by atoms with E-state index in [0.29, 0.717) is 0 Å². The van der Waals surface area contributed by atoms with E-state index in [0.717, 1.165) is 17.0 Å². The third-order valence-corrected chi connectivity index (χ3v) is 3.36. The van der Waals surface area contributed by atoms with Gasteiger partial charge in [-0.15, -0.1) is 0 Å². The normalized spacial score (nSPS) is 11.9. The van der Waals surface area contributed by atoms with Crippen molar-refractivity contribution in [2.45, 2.75) is 12.8 Å². The minimum absolute atomic E-state index is 0.144. The van der Waals surface area contributed by atoms with Crippen molar-refractivity contribution >= 4 is 17.8 Å². The number of hydrazone groups is 1. The lowest BCUT2D eigenvalue weighted by atomic mass is 10.0. The van der Waals surface area contributed by atoms with Gasteiger partial charge < -0.3 is 10.1 Å². The SMILES string of the molecule is COc1ccc(NCC(=O)N/N=C\[C@H](C)c2ccccc2)cc1. The zero-order valence-corrected chi connectivity index (χ0v) is 13.3. The summed E-state index contributed by atoms with van der Waals surface area (Å²) in [5.41, 5.74) is 4.52. The molecule has 0 saturated carbocycles. The van der Waals surface area contributed by atoms with Gasteiger partial charge in [0, 0.05) is 17.8 Å². The molecule has 2 rings (SSSR count). The first-order valence-electron chi connectivity index (χ1n) is 7.44. The monoisotopic (exact) mass is 311 g/mol. The predicted octanol–water partition coefficient (Wildman–Crippen LogP) is 3.01. The first kappa shape index (κ1) is 16.5.